The summed E-state index contributed by atoms with van der Waals surface area (Å²) in [5.41, 5.74) is -2.71. The number of esters is 3. The van der Waals surface area contributed by atoms with Crippen molar-refractivity contribution >= 4 is 17.9 Å². The van der Waals surface area contributed by atoms with E-state index in [1.54, 1.807) is 6.92 Å². The van der Waals surface area contributed by atoms with Crippen LogP contribution in [0.15, 0.2) is 0 Å². The van der Waals surface area contributed by atoms with E-state index in [0.717, 1.165) is 12.8 Å². The minimum atomic E-state index is -1.16. The molecule has 11 atom stereocenters. The standard InChI is InChI=1S/C27H40O10/c1-6-22(31)37-23-18(30)11-19-25(5,20-10-17-7-8-32-24(17)36-20)14(2)9-21(35-16(4)29)26(19,12-33-15(3)28)27(23)13-34-27/h14,17-21,23-24,30H,6-13H2,1-5H3/t14-,17?,18+,19+,20-,21-,23-,24?,25+,26-,27-/m0/s1. The van der Waals surface area contributed by atoms with Crippen LogP contribution in [0.2, 0.25) is 0 Å². The third-order valence-electron chi connectivity index (χ3n) is 10.1. The zero-order valence-electron chi connectivity index (χ0n) is 22.4. The second kappa shape index (κ2) is 9.47. The molecule has 10 nitrogen and oxygen atoms in total. The van der Waals surface area contributed by atoms with E-state index in [4.69, 9.17) is 28.4 Å². The second-order valence-corrected chi connectivity index (χ2v) is 11.9. The zero-order valence-corrected chi connectivity index (χ0v) is 22.4. The summed E-state index contributed by atoms with van der Waals surface area (Å²) < 4.78 is 36.0. The quantitative estimate of drug-likeness (QED) is 0.313. The maximum Gasteiger partial charge on any atom is 0.305 e. The van der Waals surface area contributed by atoms with Crippen molar-refractivity contribution in [1.29, 1.82) is 0 Å². The Bertz CT molecular complexity index is 920. The van der Waals surface area contributed by atoms with Crippen molar-refractivity contribution < 1.29 is 47.9 Å². The summed E-state index contributed by atoms with van der Waals surface area (Å²) in [5, 5.41) is 11.5. The Labute approximate surface area is 217 Å². The van der Waals surface area contributed by atoms with E-state index in [9.17, 15) is 19.5 Å². The van der Waals surface area contributed by atoms with Gasteiger partial charge in [-0.25, -0.2) is 0 Å². The minimum Gasteiger partial charge on any atom is -0.465 e. The minimum absolute atomic E-state index is 0.0360. The topological polar surface area (TPSA) is 130 Å². The number of ether oxygens (including phenoxy) is 6. The normalized spacial score (nSPS) is 48.2. The van der Waals surface area contributed by atoms with Gasteiger partial charge in [0, 0.05) is 31.6 Å². The SMILES string of the molecule is CCC(=O)O[C@H]1[C@H](O)C[C@@H]2[C@](C)([C@@H]3CC4CCOC4O3)[C@@H](C)C[C@H](OC(C)=O)[C@@]2(COC(C)=O)[C@]12CO2. The van der Waals surface area contributed by atoms with Crippen LogP contribution in [0.25, 0.3) is 0 Å². The molecular weight excluding hydrogens is 484 g/mol. The number of epoxide rings is 1. The average molecular weight is 525 g/mol. The first kappa shape index (κ1) is 26.8. The molecule has 3 heterocycles. The van der Waals surface area contributed by atoms with Crippen LogP contribution < -0.4 is 0 Å². The van der Waals surface area contributed by atoms with Crippen molar-refractivity contribution in [3.63, 3.8) is 0 Å². The van der Waals surface area contributed by atoms with Crippen molar-refractivity contribution in [2.24, 2.45) is 28.6 Å². The zero-order chi connectivity index (χ0) is 26.8. The Hall–Kier alpha value is -1.75. The highest BCUT2D eigenvalue weighted by atomic mass is 16.7. The number of hydrogen-bond acceptors (Lipinski definition) is 10. The first-order chi connectivity index (χ1) is 17.5. The molecule has 0 radical (unpaired) electrons. The van der Waals surface area contributed by atoms with Crippen LogP contribution in [0, 0.1) is 28.6 Å². The van der Waals surface area contributed by atoms with E-state index in [0.29, 0.717) is 18.9 Å². The Morgan fingerprint density at radius 3 is 2.41 bits per heavy atom. The maximum atomic E-state index is 12.4. The lowest BCUT2D eigenvalue weighted by Gasteiger charge is -2.65. The van der Waals surface area contributed by atoms with Crippen LogP contribution >= 0.6 is 0 Å². The Morgan fingerprint density at radius 1 is 1.08 bits per heavy atom. The molecule has 37 heavy (non-hydrogen) atoms. The molecule has 3 aliphatic heterocycles. The highest BCUT2D eigenvalue weighted by Gasteiger charge is 2.81. The summed E-state index contributed by atoms with van der Waals surface area (Å²) in [6.45, 7) is 9.46. The predicted molar refractivity (Wildman–Crippen MR) is 127 cm³/mol. The van der Waals surface area contributed by atoms with Crippen molar-refractivity contribution in [2.75, 3.05) is 19.8 Å². The Kier molecular flexibility index (Phi) is 6.87. The maximum absolute atomic E-state index is 12.4. The molecule has 3 saturated heterocycles. The molecule has 1 N–H and O–H groups in total. The molecule has 5 rings (SSSR count). The van der Waals surface area contributed by atoms with Gasteiger partial charge in [-0.3, -0.25) is 14.4 Å². The summed E-state index contributed by atoms with van der Waals surface area (Å²) in [5.74, 6) is -1.37. The average Bonchev–Trinajstić information content (AvgIpc) is 3.32. The first-order valence-electron chi connectivity index (χ1n) is 13.6. The molecule has 0 aromatic heterocycles. The van der Waals surface area contributed by atoms with Gasteiger partial charge in [-0.05, 0) is 37.5 Å². The van der Waals surface area contributed by atoms with Gasteiger partial charge in [0.05, 0.1) is 30.8 Å². The largest absolute Gasteiger partial charge is 0.465 e. The highest BCUT2D eigenvalue weighted by Crippen LogP contribution is 2.70. The van der Waals surface area contributed by atoms with Crippen LogP contribution in [0.1, 0.15) is 66.7 Å². The van der Waals surface area contributed by atoms with Gasteiger partial charge >= 0.3 is 17.9 Å². The van der Waals surface area contributed by atoms with Crippen molar-refractivity contribution in [1.82, 2.24) is 0 Å². The summed E-state index contributed by atoms with van der Waals surface area (Å²) in [6.07, 6.45) is -0.438. The molecule has 10 heteroatoms. The van der Waals surface area contributed by atoms with E-state index in [1.165, 1.54) is 13.8 Å². The van der Waals surface area contributed by atoms with Crippen molar-refractivity contribution in [3.05, 3.63) is 0 Å². The molecule has 1 spiro atoms. The number of carbonyl (C=O) groups is 3. The van der Waals surface area contributed by atoms with Gasteiger partial charge in [-0.2, -0.15) is 0 Å². The fraction of sp³-hybridized carbons (Fsp3) is 0.889. The van der Waals surface area contributed by atoms with Gasteiger partial charge in [0.25, 0.3) is 0 Å². The van der Waals surface area contributed by atoms with Crippen LogP contribution in [-0.2, 0) is 42.8 Å². The fourth-order valence-corrected chi connectivity index (χ4v) is 8.10. The van der Waals surface area contributed by atoms with Gasteiger partial charge in [0.15, 0.2) is 12.4 Å². The van der Waals surface area contributed by atoms with Crippen molar-refractivity contribution in [3.8, 4) is 0 Å². The summed E-state index contributed by atoms with van der Waals surface area (Å²) in [7, 11) is 0. The molecule has 5 fully saturated rings. The molecule has 2 saturated carbocycles. The van der Waals surface area contributed by atoms with Gasteiger partial charge in [-0.15, -0.1) is 0 Å². The van der Waals surface area contributed by atoms with E-state index < -0.39 is 52.7 Å². The number of aliphatic hydroxyl groups excluding tert-OH is 1. The second-order valence-electron chi connectivity index (χ2n) is 11.9. The summed E-state index contributed by atoms with van der Waals surface area (Å²) in [6, 6.07) is 0. The van der Waals surface area contributed by atoms with Crippen LogP contribution in [0.5, 0.6) is 0 Å². The van der Waals surface area contributed by atoms with Crippen LogP contribution in [0.4, 0.5) is 0 Å². The third-order valence-corrected chi connectivity index (χ3v) is 10.1. The molecule has 2 unspecified atom stereocenters. The summed E-state index contributed by atoms with van der Waals surface area (Å²) >= 11 is 0. The highest BCUT2D eigenvalue weighted by molar-refractivity contribution is 5.69. The van der Waals surface area contributed by atoms with E-state index >= 15 is 0 Å². The predicted octanol–water partition coefficient (Wildman–Crippen LogP) is 2.14. The number of aliphatic hydroxyl groups is 1. The van der Waals surface area contributed by atoms with E-state index in [2.05, 4.69) is 13.8 Å². The first-order valence-corrected chi connectivity index (χ1v) is 13.6. The van der Waals surface area contributed by atoms with Crippen molar-refractivity contribution in [2.45, 2.75) is 103 Å². The molecule has 208 valence electrons. The Morgan fingerprint density at radius 2 is 1.81 bits per heavy atom. The molecule has 0 bridgehead atoms. The summed E-state index contributed by atoms with van der Waals surface area (Å²) in [4.78, 5) is 37.0. The van der Waals surface area contributed by atoms with E-state index in [1.807, 2.05) is 0 Å². The monoisotopic (exact) mass is 524 g/mol. The Balaban J connectivity index is 1.63. The van der Waals surface area contributed by atoms with Gasteiger partial charge < -0.3 is 33.5 Å². The lowest BCUT2D eigenvalue weighted by molar-refractivity contribution is -0.284. The molecule has 0 aromatic carbocycles. The van der Waals surface area contributed by atoms with Crippen LogP contribution in [0.3, 0.4) is 0 Å². The third kappa shape index (κ3) is 4.01. The molecule has 5 aliphatic rings. The lowest BCUT2D eigenvalue weighted by atomic mass is 9.41. The molecular formula is C27H40O10. The number of hydrogen-bond donors (Lipinski definition) is 1. The number of rotatable bonds is 6. The molecule has 2 aliphatic carbocycles. The fourth-order valence-electron chi connectivity index (χ4n) is 8.10. The number of carbonyl (C=O) groups excluding carboxylic acids is 3. The van der Waals surface area contributed by atoms with Gasteiger partial charge in [0.1, 0.15) is 18.3 Å². The van der Waals surface area contributed by atoms with E-state index in [-0.39, 0.29) is 50.3 Å². The molecule has 0 aromatic rings. The smallest absolute Gasteiger partial charge is 0.305 e. The molecule has 0 amide bonds. The van der Waals surface area contributed by atoms with Crippen LogP contribution in [-0.4, -0.2) is 79.1 Å². The lowest BCUT2D eigenvalue weighted by Crippen LogP contribution is -2.74. The van der Waals surface area contributed by atoms with Gasteiger partial charge in [0.2, 0.25) is 0 Å². The number of fused-ring (bicyclic) bond motifs is 3. The van der Waals surface area contributed by atoms with Gasteiger partial charge in [-0.1, -0.05) is 20.8 Å².